The van der Waals surface area contributed by atoms with Crippen LogP contribution in [0.1, 0.15) is 51.5 Å². The molecule has 0 saturated carbocycles. The van der Waals surface area contributed by atoms with Crippen molar-refractivity contribution in [3.63, 3.8) is 0 Å². The van der Waals surface area contributed by atoms with Crippen molar-refractivity contribution in [3.8, 4) is 5.75 Å². The van der Waals surface area contributed by atoms with E-state index < -0.39 is 0 Å². The van der Waals surface area contributed by atoms with Crippen LogP contribution in [0.2, 0.25) is 0 Å². The number of aliphatic imine (C=N–C) groups is 1. The SMILES string of the molecule is CCNC(=NCCCC(=O)OCC)NCCC(C)c1ccc(OC)cc1.I. The lowest BCUT2D eigenvalue weighted by molar-refractivity contribution is -0.143. The van der Waals surface area contributed by atoms with Gasteiger partial charge < -0.3 is 20.1 Å². The van der Waals surface area contributed by atoms with Crippen molar-refractivity contribution in [1.82, 2.24) is 10.6 Å². The molecule has 7 heteroatoms. The Morgan fingerprint density at radius 3 is 2.48 bits per heavy atom. The van der Waals surface area contributed by atoms with Gasteiger partial charge in [0.2, 0.25) is 0 Å². The molecule has 0 aliphatic heterocycles. The Labute approximate surface area is 180 Å². The molecule has 27 heavy (non-hydrogen) atoms. The van der Waals surface area contributed by atoms with Crippen molar-refractivity contribution in [3.05, 3.63) is 29.8 Å². The average molecular weight is 491 g/mol. The number of hydrogen-bond donors (Lipinski definition) is 2. The fraction of sp³-hybridized carbons (Fsp3) is 0.600. The molecule has 2 N–H and O–H groups in total. The molecule has 0 bridgehead atoms. The predicted octanol–water partition coefficient (Wildman–Crippen LogP) is 3.71. The van der Waals surface area contributed by atoms with E-state index >= 15 is 0 Å². The van der Waals surface area contributed by atoms with Crippen LogP contribution in [0.3, 0.4) is 0 Å². The minimum atomic E-state index is -0.158. The molecular formula is C20H34IN3O3. The van der Waals surface area contributed by atoms with Crippen molar-refractivity contribution in [1.29, 1.82) is 0 Å². The summed E-state index contributed by atoms with van der Waals surface area (Å²) in [6, 6.07) is 8.21. The zero-order valence-electron chi connectivity index (χ0n) is 16.9. The number of carbonyl (C=O) groups excluding carboxylic acids is 1. The first-order valence-electron chi connectivity index (χ1n) is 9.42. The number of methoxy groups -OCH3 is 1. The lowest BCUT2D eigenvalue weighted by atomic mass is 9.98. The normalized spacial score (nSPS) is 11.9. The fourth-order valence-electron chi connectivity index (χ4n) is 2.50. The zero-order chi connectivity index (χ0) is 19.2. The van der Waals surface area contributed by atoms with E-state index in [4.69, 9.17) is 9.47 Å². The smallest absolute Gasteiger partial charge is 0.305 e. The van der Waals surface area contributed by atoms with E-state index in [0.717, 1.165) is 31.2 Å². The van der Waals surface area contributed by atoms with Crippen LogP contribution in [-0.2, 0) is 9.53 Å². The van der Waals surface area contributed by atoms with E-state index in [1.165, 1.54) is 5.56 Å². The summed E-state index contributed by atoms with van der Waals surface area (Å²) in [5.74, 6) is 1.95. The molecule has 154 valence electrons. The lowest BCUT2D eigenvalue weighted by Gasteiger charge is -2.15. The Bertz CT molecular complexity index is 550. The van der Waals surface area contributed by atoms with Crippen LogP contribution in [-0.4, -0.2) is 45.3 Å². The number of rotatable bonds is 11. The number of esters is 1. The molecule has 0 aromatic heterocycles. The maximum absolute atomic E-state index is 11.3. The molecule has 0 fully saturated rings. The second kappa shape index (κ2) is 15.5. The molecule has 0 aliphatic carbocycles. The molecule has 1 atom stereocenters. The first-order chi connectivity index (χ1) is 12.6. The average Bonchev–Trinajstić information content (AvgIpc) is 2.65. The molecule has 1 rings (SSSR count). The van der Waals surface area contributed by atoms with Crippen LogP contribution >= 0.6 is 24.0 Å². The van der Waals surface area contributed by atoms with Gasteiger partial charge in [-0.2, -0.15) is 0 Å². The number of benzene rings is 1. The number of ether oxygens (including phenoxy) is 2. The maximum atomic E-state index is 11.3. The van der Waals surface area contributed by atoms with Gasteiger partial charge in [-0.15, -0.1) is 24.0 Å². The summed E-state index contributed by atoms with van der Waals surface area (Å²) in [7, 11) is 1.68. The Kier molecular flexibility index (Phi) is 14.7. The Balaban J connectivity index is 0.00000676. The molecule has 1 aromatic rings. The van der Waals surface area contributed by atoms with E-state index in [-0.39, 0.29) is 29.9 Å². The summed E-state index contributed by atoms with van der Waals surface area (Å²) < 4.78 is 10.1. The topological polar surface area (TPSA) is 72.0 Å². The number of hydrogen-bond acceptors (Lipinski definition) is 4. The van der Waals surface area contributed by atoms with Crippen molar-refractivity contribution in [2.45, 2.75) is 46.0 Å². The Hall–Kier alpha value is -1.51. The van der Waals surface area contributed by atoms with Gasteiger partial charge >= 0.3 is 5.97 Å². The van der Waals surface area contributed by atoms with Crippen molar-refractivity contribution in [2.24, 2.45) is 4.99 Å². The van der Waals surface area contributed by atoms with Crippen LogP contribution in [0.4, 0.5) is 0 Å². The molecule has 0 spiro atoms. The van der Waals surface area contributed by atoms with Gasteiger partial charge in [-0.25, -0.2) is 0 Å². The molecule has 1 unspecified atom stereocenters. The molecule has 0 heterocycles. The largest absolute Gasteiger partial charge is 0.497 e. The third-order valence-electron chi connectivity index (χ3n) is 4.01. The standard InChI is InChI=1S/C20H33N3O3.HI/c1-5-21-20(22-14-7-8-19(24)26-6-2)23-15-13-16(3)17-9-11-18(25-4)12-10-17;/h9-12,16H,5-8,13-15H2,1-4H3,(H2,21,22,23);1H. The summed E-state index contributed by atoms with van der Waals surface area (Å²) in [4.78, 5) is 15.8. The fourth-order valence-corrected chi connectivity index (χ4v) is 2.50. The second-order valence-electron chi connectivity index (χ2n) is 6.06. The van der Waals surface area contributed by atoms with Crippen molar-refractivity contribution < 1.29 is 14.3 Å². The monoisotopic (exact) mass is 491 g/mol. The van der Waals surface area contributed by atoms with Gasteiger partial charge in [0, 0.05) is 26.1 Å². The minimum Gasteiger partial charge on any atom is -0.497 e. The summed E-state index contributed by atoms with van der Waals surface area (Å²) in [6.45, 7) is 8.73. The van der Waals surface area contributed by atoms with Gasteiger partial charge in [0.1, 0.15) is 5.75 Å². The summed E-state index contributed by atoms with van der Waals surface area (Å²) in [6.07, 6.45) is 2.10. The third kappa shape index (κ3) is 11.0. The van der Waals surface area contributed by atoms with Gasteiger partial charge in [0.05, 0.1) is 13.7 Å². The molecule has 0 aliphatic rings. The number of guanidine groups is 1. The van der Waals surface area contributed by atoms with E-state index in [1.807, 2.05) is 26.0 Å². The summed E-state index contributed by atoms with van der Waals surface area (Å²) in [5.41, 5.74) is 1.30. The highest BCUT2D eigenvalue weighted by molar-refractivity contribution is 14.0. The third-order valence-corrected chi connectivity index (χ3v) is 4.01. The van der Waals surface area contributed by atoms with Crippen molar-refractivity contribution in [2.75, 3.05) is 33.4 Å². The number of nitrogens with one attached hydrogen (secondary N) is 2. The summed E-state index contributed by atoms with van der Waals surface area (Å²) in [5, 5.41) is 6.59. The van der Waals surface area contributed by atoms with Crippen LogP contribution in [0, 0.1) is 0 Å². The molecule has 0 amide bonds. The quantitative estimate of drug-likeness (QED) is 0.162. The van der Waals surface area contributed by atoms with Crippen LogP contribution in [0.15, 0.2) is 29.3 Å². The minimum absolute atomic E-state index is 0. The van der Waals surface area contributed by atoms with Gasteiger partial charge in [-0.1, -0.05) is 19.1 Å². The molecular weight excluding hydrogens is 457 g/mol. The first kappa shape index (κ1) is 25.5. The van der Waals surface area contributed by atoms with Crippen LogP contribution in [0.5, 0.6) is 5.75 Å². The van der Waals surface area contributed by atoms with E-state index in [2.05, 4.69) is 34.7 Å². The molecule has 6 nitrogen and oxygen atoms in total. The number of halogens is 1. The molecule has 1 aromatic carbocycles. The highest BCUT2D eigenvalue weighted by Gasteiger charge is 2.06. The van der Waals surface area contributed by atoms with Crippen LogP contribution < -0.4 is 15.4 Å². The van der Waals surface area contributed by atoms with Gasteiger partial charge in [0.25, 0.3) is 0 Å². The number of nitrogens with zero attached hydrogens (tertiary/aromatic N) is 1. The van der Waals surface area contributed by atoms with E-state index in [9.17, 15) is 4.79 Å². The first-order valence-corrected chi connectivity index (χ1v) is 9.42. The highest BCUT2D eigenvalue weighted by atomic mass is 127. The Morgan fingerprint density at radius 1 is 1.19 bits per heavy atom. The van der Waals surface area contributed by atoms with E-state index in [1.54, 1.807) is 7.11 Å². The van der Waals surface area contributed by atoms with Crippen molar-refractivity contribution >= 4 is 35.9 Å². The second-order valence-corrected chi connectivity index (χ2v) is 6.06. The molecule has 0 saturated heterocycles. The molecule has 0 radical (unpaired) electrons. The van der Waals surface area contributed by atoms with Gasteiger partial charge in [-0.05, 0) is 50.3 Å². The lowest BCUT2D eigenvalue weighted by Crippen LogP contribution is -2.38. The highest BCUT2D eigenvalue weighted by Crippen LogP contribution is 2.21. The van der Waals surface area contributed by atoms with Gasteiger partial charge in [-0.3, -0.25) is 9.79 Å². The Morgan fingerprint density at radius 2 is 1.89 bits per heavy atom. The predicted molar refractivity (Wildman–Crippen MR) is 121 cm³/mol. The zero-order valence-corrected chi connectivity index (χ0v) is 19.2. The van der Waals surface area contributed by atoms with Crippen LogP contribution in [0.25, 0.3) is 0 Å². The maximum Gasteiger partial charge on any atom is 0.305 e. The van der Waals surface area contributed by atoms with Gasteiger partial charge in [0.15, 0.2) is 5.96 Å². The summed E-state index contributed by atoms with van der Waals surface area (Å²) >= 11 is 0. The number of carbonyl (C=O) groups is 1. The van der Waals surface area contributed by atoms with E-state index in [0.29, 0.717) is 31.9 Å².